The van der Waals surface area contributed by atoms with Crippen molar-refractivity contribution in [3.05, 3.63) is 58.4 Å². The summed E-state index contributed by atoms with van der Waals surface area (Å²) in [4.78, 5) is 0. The average Bonchev–Trinajstić information content (AvgIpc) is 2.41. The van der Waals surface area contributed by atoms with Crippen LogP contribution in [-0.2, 0) is 5.33 Å². The summed E-state index contributed by atoms with van der Waals surface area (Å²) < 4.78 is 18.9. The van der Waals surface area contributed by atoms with Crippen LogP contribution in [0.15, 0.2) is 36.4 Å². The summed E-state index contributed by atoms with van der Waals surface area (Å²) in [6.45, 7) is 0. The summed E-state index contributed by atoms with van der Waals surface area (Å²) in [5, 5.41) is 10.0. The molecule has 0 bridgehead atoms. The van der Waals surface area contributed by atoms with Gasteiger partial charge in [0.25, 0.3) is 0 Å². The van der Waals surface area contributed by atoms with Crippen LogP contribution in [0, 0.1) is 17.1 Å². The monoisotopic (exact) mass is 339 g/mol. The molecule has 0 aliphatic carbocycles. The molecule has 0 N–H and O–H groups in total. The van der Waals surface area contributed by atoms with Crippen molar-refractivity contribution >= 4 is 27.5 Å². The highest BCUT2D eigenvalue weighted by atomic mass is 79.9. The molecular formula is C14H8BrClFNO. The van der Waals surface area contributed by atoms with Gasteiger partial charge in [-0.3, -0.25) is 0 Å². The molecule has 2 rings (SSSR count). The Morgan fingerprint density at radius 3 is 2.68 bits per heavy atom. The lowest BCUT2D eigenvalue weighted by Crippen LogP contribution is -1.92. The lowest BCUT2D eigenvalue weighted by atomic mass is 10.2. The Morgan fingerprint density at radius 2 is 2.05 bits per heavy atom. The maximum absolute atomic E-state index is 13.4. The zero-order valence-electron chi connectivity index (χ0n) is 9.66. The molecule has 0 saturated heterocycles. The predicted octanol–water partition coefficient (Wildman–Crippen LogP) is 5.04. The van der Waals surface area contributed by atoms with Gasteiger partial charge in [-0.1, -0.05) is 39.7 Å². The Bertz CT molecular complexity index is 654. The molecule has 5 heteroatoms. The van der Waals surface area contributed by atoms with E-state index in [1.807, 2.05) is 6.07 Å². The molecule has 0 aliphatic heterocycles. The molecule has 0 aliphatic rings. The summed E-state index contributed by atoms with van der Waals surface area (Å²) in [6.07, 6.45) is 0. The summed E-state index contributed by atoms with van der Waals surface area (Å²) >= 11 is 9.39. The van der Waals surface area contributed by atoms with E-state index in [1.54, 1.807) is 18.2 Å². The van der Waals surface area contributed by atoms with Crippen LogP contribution in [-0.4, -0.2) is 0 Å². The van der Waals surface area contributed by atoms with E-state index in [-0.39, 0.29) is 11.3 Å². The number of rotatable bonds is 3. The van der Waals surface area contributed by atoms with Crippen molar-refractivity contribution in [2.24, 2.45) is 0 Å². The van der Waals surface area contributed by atoms with Crippen LogP contribution in [0.3, 0.4) is 0 Å². The zero-order valence-corrected chi connectivity index (χ0v) is 12.0. The highest BCUT2D eigenvalue weighted by molar-refractivity contribution is 9.08. The molecule has 96 valence electrons. The van der Waals surface area contributed by atoms with Crippen LogP contribution in [0.5, 0.6) is 11.5 Å². The molecule has 0 saturated carbocycles. The minimum Gasteiger partial charge on any atom is -0.454 e. The molecule has 19 heavy (non-hydrogen) atoms. The van der Waals surface area contributed by atoms with Crippen molar-refractivity contribution in [2.75, 3.05) is 0 Å². The van der Waals surface area contributed by atoms with E-state index in [4.69, 9.17) is 21.6 Å². The van der Waals surface area contributed by atoms with Crippen LogP contribution >= 0.6 is 27.5 Å². The largest absolute Gasteiger partial charge is 0.454 e. The number of ether oxygens (including phenoxy) is 1. The van der Waals surface area contributed by atoms with Crippen molar-refractivity contribution in [3.63, 3.8) is 0 Å². The van der Waals surface area contributed by atoms with Gasteiger partial charge >= 0.3 is 0 Å². The topological polar surface area (TPSA) is 33.0 Å². The van der Waals surface area contributed by atoms with Crippen LogP contribution in [0.25, 0.3) is 0 Å². The molecule has 0 spiro atoms. The minimum absolute atomic E-state index is 0.136. The first-order valence-electron chi connectivity index (χ1n) is 5.36. The number of nitrogens with zero attached hydrogens (tertiary/aromatic N) is 1. The highest BCUT2D eigenvalue weighted by Crippen LogP contribution is 2.32. The second kappa shape index (κ2) is 6.05. The summed E-state index contributed by atoms with van der Waals surface area (Å²) in [5.74, 6) is -0.0855. The van der Waals surface area contributed by atoms with Crippen LogP contribution < -0.4 is 4.74 Å². The third-order valence-electron chi connectivity index (χ3n) is 2.46. The SMILES string of the molecule is N#Cc1c(F)cccc1Oc1ccc(CBr)cc1Cl. The molecule has 0 fully saturated rings. The molecular weight excluding hydrogens is 333 g/mol. The van der Waals surface area contributed by atoms with Crippen LogP contribution in [0.1, 0.15) is 11.1 Å². The number of nitriles is 1. The summed E-state index contributed by atoms with van der Waals surface area (Å²) in [5.41, 5.74) is 0.861. The summed E-state index contributed by atoms with van der Waals surface area (Å²) in [6, 6.07) is 11.3. The Hall–Kier alpha value is -1.57. The molecule has 0 heterocycles. The third-order valence-corrected chi connectivity index (χ3v) is 3.40. The van der Waals surface area contributed by atoms with Gasteiger partial charge < -0.3 is 4.74 Å². The first-order chi connectivity index (χ1) is 9.15. The maximum Gasteiger partial charge on any atom is 0.148 e. The normalized spacial score (nSPS) is 10.0. The number of halogens is 3. The van der Waals surface area contributed by atoms with E-state index in [2.05, 4.69) is 15.9 Å². The first-order valence-corrected chi connectivity index (χ1v) is 6.86. The van der Waals surface area contributed by atoms with Gasteiger partial charge in [-0.25, -0.2) is 4.39 Å². The zero-order chi connectivity index (χ0) is 13.8. The number of benzene rings is 2. The average molecular weight is 341 g/mol. The molecule has 0 amide bonds. The van der Waals surface area contributed by atoms with Gasteiger partial charge in [0.1, 0.15) is 28.9 Å². The molecule has 0 radical (unpaired) electrons. The quantitative estimate of drug-likeness (QED) is 0.733. The van der Waals surface area contributed by atoms with Gasteiger partial charge in [0.05, 0.1) is 5.02 Å². The molecule has 0 atom stereocenters. The minimum atomic E-state index is -0.617. The second-order valence-corrected chi connectivity index (χ2v) is 4.69. The number of hydrogen-bond acceptors (Lipinski definition) is 2. The molecule has 0 unspecified atom stereocenters. The standard InChI is InChI=1S/C14H8BrClFNO/c15-7-9-4-5-14(11(16)6-9)19-13-3-1-2-12(17)10(13)8-18/h1-6H,7H2. The van der Waals surface area contributed by atoms with E-state index in [0.717, 1.165) is 5.56 Å². The van der Waals surface area contributed by atoms with Gasteiger partial charge in [-0.05, 0) is 29.8 Å². The Kier molecular flexibility index (Phi) is 4.41. The summed E-state index contributed by atoms with van der Waals surface area (Å²) in [7, 11) is 0. The maximum atomic E-state index is 13.4. The predicted molar refractivity (Wildman–Crippen MR) is 75.3 cm³/mol. The van der Waals surface area contributed by atoms with Crippen molar-refractivity contribution in [1.82, 2.24) is 0 Å². The van der Waals surface area contributed by atoms with Crippen molar-refractivity contribution in [2.45, 2.75) is 5.33 Å². The highest BCUT2D eigenvalue weighted by Gasteiger charge is 2.11. The lowest BCUT2D eigenvalue weighted by Gasteiger charge is -2.10. The van der Waals surface area contributed by atoms with Crippen molar-refractivity contribution < 1.29 is 9.13 Å². The molecule has 2 nitrogen and oxygen atoms in total. The fraction of sp³-hybridized carbons (Fsp3) is 0.0714. The van der Waals surface area contributed by atoms with Crippen LogP contribution in [0.2, 0.25) is 5.02 Å². The Morgan fingerprint density at radius 1 is 1.26 bits per heavy atom. The van der Waals surface area contributed by atoms with Gasteiger partial charge in [0, 0.05) is 5.33 Å². The number of alkyl halides is 1. The molecule has 0 aromatic heterocycles. The van der Waals surface area contributed by atoms with Crippen LogP contribution in [0.4, 0.5) is 4.39 Å². The van der Waals surface area contributed by atoms with Crippen molar-refractivity contribution in [1.29, 1.82) is 5.26 Å². The van der Waals surface area contributed by atoms with E-state index in [1.165, 1.54) is 18.2 Å². The van der Waals surface area contributed by atoms with Gasteiger partial charge in [-0.15, -0.1) is 0 Å². The molecule has 2 aromatic rings. The fourth-order valence-corrected chi connectivity index (χ4v) is 2.12. The second-order valence-electron chi connectivity index (χ2n) is 3.73. The van der Waals surface area contributed by atoms with Gasteiger partial charge in [0.15, 0.2) is 0 Å². The fourth-order valence-electron chi connectivity index (χ4n) is 1.53. The smallest absolute Gasteiger partial charge is 0.148 e. The van der Waals surface area contributed by atoms with Gasteiger partial charge in [-0.2, -0.15) is 5.26 Å². The van der Waals surface area contributed by atoms with E-state index >= 15 is 0 Å². The molecule has 2 aromatic carbocycles. The Labute approximate surface area is 123 Å². The number of hydrogen-bond donors (Lipinski definition) is 0. The van der Waals surface area contributed by atoms with Crippen molar-refractivity contribution in [3.8, 4) is 17.6 Å². The van der Waals surface area contributed by atoms with E-state index < -0.39 is 5.82 Å². The van der Waals surface area contributed by atoms with Gasteiger partial charge in [0.2, 0.25) is 0 Å². The Balaban J connectivity index is 2.37. The van der Waals surface area contributed by atoms with E-state index in [0.29, 0.717) is 16.1 Å². The third kappa shape index (κ3) is 3.06. The van der Waals surface area contributed by atoms with E-state index in [9.17, 15) is 4.39 Å². The first kappa shape index (κ1) is 13.9. The lowest BCUT2D eigenvalue weighted by molar-refractivity contribution is 0.474.